The van der Waals surface area contributed by atoms with Gasteiger partial charge in [-0.3, -0.25) is 9.69 Å². The van der Waals surface area contributed by atoms with Gasteiger partial charge in [-0.15, -0.1) is 0 Å². The average Bonchev–Trinajstić information content (AvgIpc) is 2.78. The lowest BCUT2D eigenvalue weighted by atomic mass is 10.2. The Morgan fingerprint density at radius 3 is 2.31 bits per heavy atom. The van der Waals surface area contributed by atoms with Gasteiger partial charge in [-0.25, -0.2) is 0 Å². The summed E-state index contributed by atoms with van der Waals surface area (Å²) in [6.45, 7) is 6.06. The van der Waals surface area contributed by atoms with Gasteiger partial charge in [0.25, 0.3) is 5.91 Å². The third-order valence-corrected chi connectivity index (χ3v) is 5.14. The van der Waals surface area contributed by atoms with Crippen LogP contribution in [0.5, 0.6) is 11.5 Å². The molecule has 0 bridgehead atoms. The van der Waals surface area contributed by atoms with Gasteiger partial charge >= 0.3 is 0 Å². The topological polar surface area (TPSA) is 42.0 Å². The number of hydrogen-bond acceptors (Lipinski definition) is 4. The third-order valence-electron chi connectivity index (χ3n) is 5.14. The molecule has 0 radical (unpaired) electrons. The second-order valence-corrected chi connectivity index (χ2v) is 7.10. The molecule has 3 rings (SSSR count). The van der Waals surface area contributed by atoms with Gasteiger partial charge in [0.1, 0.15) is 0 Å². The Kier molecular flexibility index (Phi) is 7.70. The van der Waals surface area contributed by atoms with E-state index in [9.17, 15) is 4.79 Å². The summed E-state index contributed by atoms with van der Waals surface area (Å²) >= 11 is 0. The molecule has 5 heteroatoms. The number of carbonyl (C=O) groups is 1. The number of piperazine rings is 1. The van der Waals surface area contributed by atoms with E-state index in [1.165, 1.54) is 5.56 Å². The lowest BCUT2D eigenvalue weighted by Crippen LogP contribution is -2.52. The largest absolute Gasteiger partial charge is 0.493 e. The van der Waals surface area contributed by atoms with E-state index in [4.69, 9.17) is 9.47 Å². The highest BCUT2D eigenvalue weighted by molar-refractivity contribution is 5.81. The zero-order valence-electron chi connectivity index (χ0n) is 17.3. The van der Waals surface area contributed by atoms with Crippen LogP contribution in [-0.4, -0.2) is 61.6 Å². The zero-order chi connectivity index (χ0) is 20.5. The lowest BCUT2D eigenvalue weighted by molar-refractivity contribution is -0.140. The summed E-state index contributed by atoms with van der Waals surface area (Å²) in [6, 6.07) is 17.8. The average molecular weight is 395 g/mol. The molecule has 1 amide bonds. The summed E-state index contributed by atoms with van der Waals surface area (Å²) in [7, 11) is 1.61. The SMILES string of the molecule is CC[C@H](Oc1ccccc1OC)C(=O)N1CCN(C/C=C/c2ccccc2)CC1. The molecular formula is C24H30N2O3. The molecule has 0 aliphatic carbocycles. The first-order valence-corrected chi connectivity index (χ1v) is 10.2. The molecule has 1 saturated heterocycles. The summed E-state index contributed by atoms with van der Waals surface area (Å²) in [5.74, 6) is 1.31. The van der Waals surface area contributed by atoms with E-state index in [0.29, 0.717) is 17.9 Å². The second-order valence-electron chi connectivity index (χ2n) is 7.10. The first kappa shape index (κ1) is 20.9. The van der Waals surface area contributed by atoms with Crippen LogP contribution in [0.1, 0.15) is 18.9 Å². The molecule has 154 valence electrons. The summed E-state index contributed by atoms with van der Waals surface area (Å²) in [5.41, 5.74) is 1.21. The molecule has 0 N–H and O–H groups in total. The minimum atomic E-state index is -0.490. The van der Waals surface area contributed by atoms with E-state index < -0.39 is 6.10 Å². The van der Waals surface area contributed by atoms with Crippen molar-refractivity contribution < 1.29 is 14.3 Å². The number of nitrogens with zero attached hydrogens (tertiary/aromatic N) is 2. The molecule has 5 nitrogen and oxygen atoms in total. The van der Waals surface area contributed by atoms with Crippen LogP contribution in [0.4, 0.5) is 0 Å². The maximum absolute atomic E-state index is 13.0. The summed E-state index contributed by atoms with van der Waals surface area (Å²) in [6.07, 6.45) is 4.46. The summed E-state index contributed by atoms with van der Waals surface area (Å²) in [4.78, 5) is 17.3. The third kappa shape index (κ3) is 5.84. The van der Waals surface area contributed by atoms with Crippen molar-refractivity contribution in [1.29, 1.82) is 0 Å². The fraction of sp³-hybridized carbons (Fsp3) is 0.375. The standard InChI is InChI=1S/C24H30N2O3/c1-3-21(29-23-14-8-7-13-22(23)28-2)24(27)26-18-16-25(17-19-26)15-9-12-20-10-5-4-6-11-20/h4-14,21H,3,15-19H2,1-2H3/b12-9+/t21-/m0/s1. The number of ether oxygens (including phenoxy) is 2. The smallest absolute Gasteiger partial charge is 0.263 e. The monoisotopic (exact) mass is 394 g/mol. The minimum absolute atomic E-state index is 0.0536. The predicted octanol–water partition coefficient (Wildman–Crippen LogP) is 3.71. The molecule has 2 aromatic rings. The van der Waals surface area contributed by atoms with E-state index in [-0.39, 0.29) is 5.91 Å². The van der Waals surface area contributed by atoms with Crippen LogP contribution < -0.4 is 9.47 Å². The second kappa shape index (κ2) is 10.7. The van der Waals surface area contributed by atoms with E-state index in [1.54, 1.807) is 7.11 Å². The molecule has 0 spiro atoms. The van der Waals surface area contributed by atoms with Crippen LogP contribution in [0.15, 0.2) is 60.7 Å². The highest BCUT2D eigenvalue weighted by Crippen LogP contribution is 2.27. The van der Waals surface area contributed by atoms with Crippen molar-refractivity contribution in [2.75, 3.05) is 39.8 Å². The molecule has 1 aliphatic rings. The van der Waals surface area contributed by atoms with Gasteiger partial charge in [-0.05, 0) is 24.1 Å². The van der Waals surface area contributed by atoms with Crippen molar-refractivity contribution in [3.8, 4) is 11.5 Å². The number of para-hydroxylation sites is 2. The lowest BCUT2D eigenvalue weighted by Gasteiger charge is -2.35. The number of rotatable bonds is 8. The maximum atomic E-state index is 13.0. The number of hydrogen-bond donors (Lipinski definition) is 0. The Balaban J connectivity index is 1.50. The zero-order valence-corrected chi connectivity index (χ0v) is 17.3. The van der Waals surface area contributed by atoms with E-state index in [0.717, 1.165) is 32.7 Å². The fourth-order valence-corrected chi connectivity index (χ4v) is 3.43. The molecule has 0 saturated carbocycles. The van der Waals surface area contributed by atoms with Crippen LogP contribution in [0.2, 0.25) is 0 Å². The quantitative estimate of drug-likeness (QED) is 0.685. The normalized spacial score (nSPS) is 16.0. The minimum Gasteiger partial charge on any atom is -0.493 e. The highest BCUT2D eigenvalue weighted by Gasteiger charge is 2.28. The summed E-state index contributed by atoms with van der Waals surface area (Å²) in [5, 5.41) is 0. The first-order chi connectivity index (χ1) is 14.2. The van der Waals surface area contributed by atoms with Crippen molar-refractivity contribution in [3.05, 3.63) is 66.2 Å². The van der Waals surface area contributed by atoms with Crippen LogP contribution >= 0.6 is 0 Å². The van der Waals surface area contributed by atoms with Gasteiger partial charge in [0.05, 0.1) is 7.11 Å². The molecule has 1 fully saturated rings. The molecule has 1 aliphatic heterocycles. The maximum Gasteiger partial charge on any atom is 0.263 e. The summed E-state index contributed by atoms with van der Waals surface area (Å²) < 4.78 is 11.3. The van der Waals surface area contributed by atoms with Crippen molar-refractivity contribution >= 4 is 12.0 Å². The van der Waals surface area contributed by atoms with Crippen LogP contribution in [0, 0.1) is 0 Å². The molecule has 29 heavy (non-hydrogen) atoms. The Morgan fingerprint density at radius 1 is 1.00 bits per heavy atom. The van der Waals surface area contributed by atoms with E-state index in [1.807, 2.05) is 54.3 Å². The van der Waals surface area contributed by atoms with Crippen molar-refractivity contribution in [2.45, 2.75) is 19.4 Å². The van der Waals surface area contributed by atoms with Gasteiger partial charge in [-0.2, -0.15) is 0 Å². The Bertz CT molecular complexity index is 799. The Morgan fingerprint density at radius 2 is 1.66 bits per heavy atom. The van der Waals surface area contributed by atoms with E-state index >= 15 is 0 Å². The number of amides is 1. The number of carbonyl (C=O) groups excluding carboxylic acids is 1. The Labute approximate surface area is 173 Å². The van der Waals surface area contributed by atoms with Crippen molar-refractivity contribution in [1.82, 2.24) is 9.80 Å². The van der Waals surface area contributed by atoms with Crippen LogP contribution in [-0.2, 0) is 4.79 Å². The number of methoxy groups -OCH3 is 1. The molecule has 1 heterocycles. The molecule has 0 unspecified atom stereocenters. The predicted molar refractivity (Wildman–Crippen MR) is 116 cm³/mol. The van der Waals surface area contributed by atoms with Crippen molar-refractivity contribution in [3.63, 3.8) is 0 Å². The van der Waals surface area contributed by atoms with Gasteiger partial charge in [0.15, 0.2) is 17.6 Å². The van der Waals surface area contributed by atoms with Gasteiger partial charge in [0.2, 0.25) is 0 Å². The molecule has 1 atom stereocenters. The van der Waals surface area contributed by atoms with Gasteiger partial charge < -0.3 is 14.4 Å². The van der Waals surface area contributed by atoms with E-state index in [2.05, 4.69) is 29.2 Å². The molecular weight excluding hydrogens is 364 g/mol. The van der Waals surface area contributed by atoms with Crippen molar-refractivity contribution in [2.24, 2.45) is 0 Å². The van der Waals surface area contributed by atoms with Crippen LogP contribution in [0.3, 0.4) is 0 Å². The number of benzene rings is 2. The highest BCUT2D eigenvalue weighted by atomic mass is 16.5. The van der Waals surface area contributed by atoms with Gasteiger partial charge in [-0.1, -0.05) is 61.5 Å². The molecule has 0 aromatic heterocycles. The van der Waals surface area contributed by atoms with Crippen LogP contribution in [0.25, 0.3) is 6.08 Å². The van der Waals surface area contributed by atoms with Gasteiger partial charge in [0, 0.05) is 32.7 Å². The fourth-order valence-electron chi connectivity index (χ4n) is 3.43. The molecule has 2 aromatic carbocycles. The first-order valence-electron chi connectivity index (χ1n) is 10.2. The Hall–Kier alpha value is -2.79.